The molecule has 0 radical (unpaired) electrons. The summed E-state index contributed by atoms with van der Waals surface area (Å²) in [5.74, 6) is 1.48. The Morgan fingerprint density at radius 1 is 1.09 bits per heavy atom. The Morgan fingerprint density at radius 2 is 1.89 bits per heavy atom. The van der Waals surface area contributed by atoms with Crippen LogP contribution in [0.25, 0.3) is 10.3 Å². The number of aryl methyl sites for hydroxylation is 1. The van der Waals surface area contributed by atoms with Crippen molar-refractivity contribution in [2.45, 2.75) is 19.4 Å². The Labute approximate surface area is 209 Å². The monoisotopic (exact) mass is 487 g/mol. The van der Waals surface area contributed by atoms with Gasteiger partial charge in [0.05, 0.1) is 0 Å². The highest BCUT2D eigenvalue weighted by atomic mass is 32.1. The van der Waals surface area contributed by atoms with Crippen LogP contribution < -0.4 is 10.2 Å². The largest absolute Gasteiger partial charge is 0.337 e. The molecule has 1 atom stereocenters. The number of fused-ring (bicyclic) bond motifs is 1. The van der Waals surface area contributed by atoms with Gasteiger partial charge >= 0.3 is 0 Å². The zero-order chi connectivity index (χ0) is 24.5. The van der Waals surface area contributed by atoms with E-state index in [4.69, 9.17) is 4.98 Å². The number of anilines is 4. The summed E-state index contributed by atoms with van der Waals surface area (Å²) in [5, 5.41) is 3.95. The highest BCUT2D eigenvalue weighted by Crippen LogP contribution is 2.30. The quantitative estimate of drug-likeness (QED) is 0.423. The molecule has 1 aromatic carbocycles. The van der Waals surface area contributed by atoms with Crippen molar-refractivity contribution in [3.05, 3.63) is 65.9 Å². The van der Waals surface area contributed by atoms with Gasteiger partial charge in [-0.2, -0.15) is 0 Å². The number of aromatic nitrogens is 3. The average Bonchev–Trinajstić information content (AvgIpc) is 3.50. The summed E-state index contributed by atoms with van der Waals surface area (Å²) in [5.41, 5.74) is 3.74. The van der Waals surface area contributed by atoms with Gasteiger partial charge in [0.15, 0.2) is 5.13 Å². The van der Waals surface area contributed by atoms with Crippen LogP contribution in [0, 0.1) is 6.92 Å². The van der Waals surface area contributed by atoms with E-state index in [9.17, 15) is 4.79 Å². The molecule has 1 aliphatic heterocycles. The van der Waals surface area contributed by atoms with Gasteiger partial charge in [0.2, 0.25) is 0 Å². The average molecular weight is 488 g/mol. The van der Waals surface area contributed by atoms with E-state index in [1.54, 1.807) is 18.3 Å². The summed E-state index contributed by atoms with van der Waals surface area (Å²) in [4.78, 5) is 33.9. The lowest BCUT2D eigenvalue weighted by molar-refractivity contribution is 0.0783. The van der Waals surface area contributed by atoms with Crippen molar-refractivity contribution in [3.63, 3.8) is 0 Å². The smallest absolute Gasteiger partial charge is 0.254 e. The molecule has 1 aliphatic rings. The maximum atomic E-state index is 13.0. The molecule has 0 spiro atoms. The molecule has 1 N–H and O–H groups in total. The second kappa shape index (κ2) is 9.59. The number of nitrogens with one attached hydrogen (secondary N) is 1. The molecule has 4 heterocycles. The molecule has 35 heavy (non-hydrogen) atoms. The molecular formula is C26H29N7OS. The summed E-state index contributed by atoms with van der Waals surface area (Å²) < 4.78 is 0. The number of carbonyl (C=O) groups excluding carboxylic acids is 1. The molecule has 1 saturated heterocycles. The highest BCUT2D eigenvalue weighted by molar-refractivity contribution is 7.21. The third-order valence-electron chi connectivity index (χ3n) is 6.43. The molecule has 0 bridgehead atoms. The first-order valence-corrected chi connectivity index (χ1v) is 12.5. The number of benzene rings is 1. The van der Waals surface area contributed by atoms with Crippen LogP contribution in [0.3, 0.4) is 0 Å². The Hall–Kier alpha value is -3.56. The first kappa shape index (κ1) is 23.2. The number of hydrogen-bond acceptors (Lipinski definition) is 8. The molecule has 1 amide bonds. The van der Waals surface area contributed by atoms with Crippen molar-refractivity contribution in [3.8, 4) is 0 Å². The van der Waals surface area contributed by atoms with Crippen molar-refractivity contribution in [1.29, 1.82) is 0 Å². The summed E-state index contributed by atoms with van der Waals surface area (Å²) >= 11 is 1.46. The lowest BCUT2D eigenvalue weighted by Gasteiger charge is -2.20. The van der Waals surface area contributed by atoms with Crippen LogP contribution in [0.4, 0.5) is 22.5 Å². The van der Waals surface area contributed by atoms with Crippen molar-refractivity contribution >= 4 is 50.0 Å². The van der Waals surface area contributed by atoms with Gasteiger partial charge in [0.1, 0.15) is 22.0 Å². The normalized spacial score (nSPS) is 15.7. The van der Waals surface area contributed by atoms with Gasteiger partial charge in [-0.25, -0.2) is 15.0 Å². The number of rotatable bonds is 6. The van der Waals surface area contributed by atoms with Crippen molar-refractivity contribution in [2.75, 3.05) is 44.4 Å². The summed E-state index contributed by atoms with van der Waals surface area (Å²) in [6.07, 6.45) is 2.66. The predicted molar refractivity (Wildman–Crippen MR) is 142 cm³/mol. The van der Waals surface area contributed by atoms with Gasteiger partial charge in [-0.05, 0) is 63.8 Å². The van der Waals surface area contributed by atoms with Gasteiger partial charge in [0, 0.05) is 43.6 Å². The van der Waals surface area contributed by atoms with E-state index in [-0.39, 0.29) is 5.91 Å². The molecule has 1 unspecified atom stereocenters. The maximum absolute atomic E-state index is 13.0. The van der Waals surface area contributed by atoms with Crippen LogP contribution in [0.1, 0.15) is 22.3 Å². The van der Waals surface area contributed by atoms with Gasteiger partial charge in [-0.3, -0.25) is 4.79 Å². The second-order valence-corrected chi connectivity index (χ2v) is 10.1. The van der Waals surface area contributed by atoms with Gasteiger partial charge in [-0.1, -0.05) is 29.0 Å². The molecule has 8 nitrogen and oxygen atoms in total. The predicted octanol–water partition coefficient (Wildman–Crippen LogP) is 4.68. The van der Waals surface area contributed by atoms with Gasteiger partial charge in [0.25, 0.3) is 5.91 Å². The number of amides is 1. The molecule has 0 saturated carbocycles. The first-order chi connectivity index (χ1) is 16.9. The number of thiazole rings is 1. The molecule has 4 aromatic rings. The van der Waals surface area contributed by atoms with Gasteiger partial charge in [-0.15, -0.1) is 0 Å². The minimum Gasteiger partial charge on any atom is -0.337 e. The van der Waals surface area contributed by atoms with Crippen LogP contribution in [0.2, 0.25) is 0 Å². The van der Waals surface area contributed by atoms with E-state index in [0.717, 1.165) is 41.4 Å². The van der Waals surface area contributed by atoms with Gasteiger partial charge < -0.3 is 20.0 Å². The second-order valence-electron chi connectivity index (χ2n) is 9.12. The summed E-state index contributed by atoms with van der Waals surface area (Å²) in [6, 6.07) is 16.3. The third-order valence-corrected chi connectivity index (χ3v) is 7.31. The molecule has 5 rings (SSSR count). The van der Waals surface area contributed by atoms with Crippen LogP contribution in [-0.4, -0.2) is 70.9 Å². The zero-order valence-electron chi connectivity index (χ0n) is 20.4. The number of nitrogens with zero attached hydrogens (tertiary/aromatic N) is 6. The molecule has 180 valence electrons. The lowest BCUT2D eigenvalue weighted by atomic mass is 10.2. The third kappa shape index (κ3) is 4.96. The number of carbonyl (C=O) groups is 1. The molecule has 9 heteroatoms. The number of hydrogen-bond donors (Lipinski definition) is 1. The minimum absolute atomic E-state index is 0.0366. The number of likely N-dealkylation sites (tertiary alicyclic amines) is 1. The fourth-order valence-electron chi connectivity index (χ4n) is 4.22. The van der Waals surface area contributed by atoms with Crippen molar-refractivity contribution in [1.82, 2.24) is 24.8 Å². The SMILES string of the molecule is Cc1ccc(N(C)c2ccc3nc(Nc4cc(C(=O)N5CCC(N(C)C)C5)ccn4)sc3n2)cc1. The van der Waals surface area contributed by atoms with E-state index in [1.807, 2.05) is 24.1 Å². The number of pyridine rings is 2. The number of likely N-dealkylation sites (N-methyl/N-ethyl adjacent to an activating group) is 1. The topological polar surface area (TPSA) is 77.5 Å². The van der Waals surface area contributed by atoms with Crippen LogP contribution in [0.5, 0.6) is 0 Å². The Kier molecular flexibility index (Phi) is 6.36. The zero-order valence-corrected chi connectivity index (χ0v) is 21.2. The van der Waals surface area contributed by atoms with E-state index in [0.29, 0.717) is 22.6 Å². The van der Waals surface area contributed by atoms with Crippen molar-refractivity contribution < 1.29 is 4.79 Å². The van der Waals surface area contributed by atoms with Crippen LogP contribution in [0.15, 0.2) is 54.7 Å². The van der Waals surface area contributed by atoms with E-state index in [1.165, 1.54) is 16.9 Å². The fraction of sp³-hybridized carbons (Fsp3) is 0.308. The summed E-state index contributed by atoms with van der Waals surface area (Å²) in [6.45, 7) is 3.60. The van der Waals surface area contributed by atoms with E-state index in [2.05, 4.69) is 70.4 Å². The van der Waals surface area contributed by atoms with Crippen LogP contribution in [-0.2, 0) is 0 Å². The molecule has 3 aromatic heterocycles. The standard InChI is InChI=1S/C26H29N7OS/c1-17-5-7-19(8-6-17)32(4)23-10-9-21-24(30-23)35-26(28-21)29-22-15-18(11-13-27-22)25(34)33-14-12-20(16-33)31(2)3/h5-11,13,15,20H,12,14,16H2,1-4H3,(H,27,28,29). The van der Waals surface area contributed by atoms with Crippen molar-refractivity contribution in [2.24, 2.45) is 0 Å². The lowest BCUT2D eigenvalue weighted by Crippen LogP contribution is -2.34. The Morgan fingerprint density at radius 3 is 2.63 bits per heavy atom. The van der Waals surface area contributed by atoms with Crippen LogP contribution >= 0.6 is 11.3 Å². The summed E-state index contributed by atoms with van der Waals surface area (Å²) in [7, 11) is 6.12. The Bertz CT molecular complexity index is 1350. The Balaban J connectivity index is 1.32. The van der Waals surface area contributed by atoms with E-state index < -0.39 is 0 Å². The fourth-order valence-corrected chi connectivity index (χ4v) is 5.06. The minimum atomic E-state index is 0.0366. The maximum Gasteiger partial charge on any atom is 0.254 e. The molecule has 0 aliphatic carbocycles. The highest BCUT2D eigenvalue weighted by Gasteiger charge is 2.28. The first-order valence-electron chi connectivity index (χ1n) is 11.6. The molecular weight excluding hydrogens is 458 g/mol. The van der Waals surface area contributed by atoms with E-state index >= 15 is 0 Å². The molecule has 1 fully saturated rings.